The molecule has 1 saturated carbocycles. The quantitative estimate of drug-likeness (QED) is 0.793. The Balaban J connectivity index is 1.95. The molecule has 4 heteroatoms. The predicted molar refractivity (Wildman–Crippen MR) is 66.4 cm³/mol. The maximum absolute atomic E-state index is 12.5. The molecule has 0 aromatic rings. The minimum Gasteiger partial charge on any atom is -0.381 e. The minimum absolute atomic E-state index is 0.224. The molecule has 1 aliphatic heterocycles. The van der Waals surface area contributed by atoms with Crippen molar-refractivity contribution < 1.29 is 9.53 Å². The third kappa shape index (κ3) is 2.63. The molecule has 2 N–H and O–H groups in total. The Kier molecular flexibility index (Phi) is 3.73. The van der Waals surface area contributed by atoms with Gasteiger partial charge in [-0.3, -0.25) is 4.79 Å². The first-order valence-electron chi connectivity index (χ1n) is 6.62. The molecule has 0 bridgehead atoms. The Bertz CT molecular complexity index is 287. The van der Waals surface area contributed by atoms with E-state index in [2.05, 4.69) is 6.92 Å². The van der Waals surface area contributed by atoms with Crippen LogP contribution in [0.1, 0.15) is 26.2 Å². The van der Waals surface area contributed by atoms with Crippen LogP contribution in [-0.2, 0) is 9.53 Å². The van der Waals surface area contributed by atoms with Crippen molar-refractivity contribution in [1.29, 1.82) is 0 Å². The summed E-state index contributed by atoms with van der Waals surface area (Å²) in [5, 5.41) is 0. The van der Waals surface area contributed by atoms with Crippen molar-refractivity contribution in [3.05, 3.63) is 0 Å². The fourth-order valence-electron chi connectivity index (χ4n) is 2.76. The SMILES string of the molecule is CC1CC1CN(C)C(=O)C1(CN)CCOCC1. The highest BCUT2D eigenvalue weighted by Gasteiger charge is 2.42. The summed E-state index contributed by atoms with van der Waals surface area (Å²) in [6.07, 6.45) is 2.80. The normalized spacial score (nSPS) is 31.0. The molecule has 0 radical (unpaired) electrons. The van der Waals surface area contributed by atoms with Crippen LogP contribution in [0.2, 0.25) is 0 Å². The van der Waals surface area contributed by atoms with Crippen LogP contribution in [-0.4, -0.2) is 44.2 Å². The second-order valence-corrected chi connectivity index (χ2v) is 5.76. The van der Waals surface area contributed by atoms with E-state index in [1.807, 2.05) is 11.9 Å². The highest BCUT2D eigenvalue weighted by molar-refractivity contribution is 5.83. The van der Waals surface area contributed by atoms with Crippen LogP contribution in [0, 0.1) is 17.3 Å². The Morgan fingerprint density at radius 2 is 2.06 bits per heavy atom. The number of amides is 1. The molecule has 98 valence electrons. The van der Waals surface area contributed by atoms with Gasteiger partial charge < -0.3 is 15.4 Å². The molecule has 2 aliphatic rings. The van der Waals surface area contributed by atoms with Crippen molar-refractivity contribution in [2.24, 2.45) is 23.0 Å². The van der Waals surface area contributed by atoms with Crippen LogP contribution < -0.4 is 5.73 Å². The summed E-state index contributed by atoms with van der Waals surface area (Å²) in [5.41, 5.74) is 5.49. The molecule has 2 unspecified atom stereocenters. The molecule has 4 nitrogen and oxygen atoms in total. The van der Waals surface area contributed by atoms with Gasteiger partial charge in [-0.2, -0.15) is 0 Å². The summed E-state index contributed by atoms with van der Waals surface area (Å²) in [6.45, 7) is 4.91. The Labute approximate surface area is 103 Å². The average molecular weight is 240 g/mol. The molecule has 1 aliphatic carbocycles. The van der Waals surface area contributed by atoms with Gasteiger partial charge in [0.15, 0.2) is 0 Å². The van der Waals surface area contributed by atoms with Gasteiger partial charge in [-0.25, -0.2) is 0 Å². The highest BCUT2D eigenvalue weighted by Crippen LogP contribution is 2.39. The van der Waals surface area contributed by atoms with E-state index in [0.29, 0.717) is 25.7 Å². The second kappa shape index (κ2) is 4.94. The number of carbonyl (C=O) groups excluding carboxylic acids is 1. The molecule has 1 heterocycles. The van der Waals surface area contributed by atoms with E-state index in [4.69, 9.17) is 10.5 Å². The van der Waals surface area contributed by atoms with E-state index in [-0.39, 0.29) is 11.3 Å². The molecule has 0 aromatic heterocycles. The number of hydrogen-bond acceptors (Lipinski definition) is 3. The maximum Gasteiger partial charge on any atom is 0.229 e. The Hall–Kier alpha value is -0.610. The standard InChI is InChI=1S/C13H24N2O2/c1-10-7-11(10)8-15(2)12(16)13(9-14)3-5-17-6-4-13/h10-11H,3-9,14H2,1-2H3. The van der Waals surface area contributed by atoms with E-state index in [0.717, 1.165) is 25.3 Å². The monoisotopic (exact) mass is 240 g/mol. The van der Waals surface area contributed by atoms with Crippen LogP contribution in [0.15, 0.2) is 0 Å². The zero-order chi connectivity index (χ0) is 12.5. The van der Waals surface area contributed by atoms with E-state index >= 15 is 0 Å². The lowest BCUT2D eigenvalue weighted by atomic mass is 9.79. The van der Waals surface area contributed by atoms with Crippen LogP contribution in [0.5, 0.6) is 0 Å². The molecular weight excluding hydrogens is 216 g/mol. The summed E-state index contributed by atoms with van der Waals surface area (Å²) < 4.78 is 5.34. The van der Waals surface area contributed by atoms with Gasteiger partial charge in [0.1, 0.15) is 0 Å². The van der Waals surface area contributed by atoms with Crippen molar-refractivity contribution in [2.45, 2.75) is 26.2 Å². The number of carbonyl (C=O) groups is 1. The van der Waals surface area contributed by atoms with Crippen LogP contribution in [0.4, 0.5) is 0 Å². The van der Waals surface area contributed by atoms with E-state index in [9.17, 15) is 4.79 Å². The van der Waals surface area contributed by atoms with Crippen LogP contribution in [0.3, 0.4) is 0 Å². The number of ether oxygens (including phenoxy) is 1. The van der Waals surface area contributed by atoms with Crippen molar-refractivity contribution in [3.8, 4) is 0 Å². The maximum atomic E-state index is 12.5. The van der Waals surface area contributed by atoms with Gasteiger partial charge in [0.05, 0.1) is 5.41 Å². The lowest BCUT2D eigenvalue weighted by molar-refractivity contribution is -0.146. The first kappa shape index (κ1) is 12.8. The summed E-state index contributed by atoms with van der Waals surface area (Å²) in [5.74, 6) is 1.72. The molecule has 1 saturated heterocycles. The summed E-state index contributed by atoms with van der Waals surface area (Å²) in [4.78, 5) is 14.4. The van der Waals surface area contributed by atoms with Gasteiger partial charge in [0.25, 0.3) is 0 Å². The van der Waals surface area contributed by atoms with Crippen molar-refractivity contribution in [1.82, 2.24) is 4.90 Å². The fourth-order valence-corrected chi connectivity index (χ4v) is 2.76. The van der Waals surface area contributed by atoms with Gasteiger partial charge in [0.2, 0.25) is 5.91 Å². The third-order valence-electron chi connectivity index (χ3n) is 4.43. The Morgan fingerprint density at radius 3 is 2.53 bits per heavy atom. The molecule has 1 amide bonds. The molecule has 0 aromatic carbocycles. The first-order chi connectivity index (χ1) is 8.09. The van der Waals surface area contributed by atoms with Crippen LogP contribution >= 0.6 is 0 Å². The smallest absolute Gasteiger partial charge is 0.229 e. The van der Waals surface area contributed by atoms with E-state index in [1.54, 1.807) is 0 Å². The van der Waals surface area contributed by atoms with E-state index in [1.165, 1.54) is 6.42 Å². The van der Waals surface area contributed by atoms with E-state index < -0.39 is 0 Å². The number of rotatable bonds is 4. The van der Waals surface area contributed by atoms with Crippen molar-refractivity contribution >= 4 is 5.91 Å². The highest BCUT2D eigenvalue weighted by atomic mass is 16.5. The zero-order valence-corrected chi connectivity index (χ0v) is 10.9. The largest absolute Gasteiger partial charge is 0.381 e. The molecule has 2 rings (SSSR count). The molecule has 2 fully saturated rings. The lowest BCUT2D eigenvalue weighted by Crippen LogP contribution is -2.50. The van der Waals surface area contributed by atoms with Gasteiger partial charge in [0, 0.05) is 33.4 Å². The molecular formula is C13H24N2O2. The Morgan fingerprint density at radius 1 is 1.47 bits per heavy atom. The van der Waals surface area contributed by atoms with Gasteiger partial charge >= 0.3 is 0 Å². The summed E-state index contributed by atoms with van der Waals surface area (Å²) in [6, 6.07) is 0. The fraction of sp³-hybridized carbons (Fsp3) is 0.923. The minimum atomic E-state index is -0.356. The topological polar surface area (TPSA) is 55.6 Å². The van der Waals surface area contributed by atoms with Gasteiger partial charge in [-0.05, 0) is 31.1 Å². The van der Waals surface area contributed by atoms with Crippen molar-refractivity contribution in [3.63, 3.8) is 0 Å². The second-order valence-electron chi connectivity index (χ2n) is 5.76. The van der Waals surface area contributed by atoms with Gasteiger partial charge in [-0.1, -0.05) is 6.92 Å². The first-order valence-corrected chi connectivity index (χ1v) is 6.62. The summed E-state index contributed by atoms with van der Waals surface area (Å²) >= 11 is 0. The summed E-state index contributed by atoms with van der Waals surface area (Å²) in [7, 11) is 1.92. The number of hydrogen-bond donors (Lipinski definition) is 1. The molecule has 2 atom stereocenters. The van der Waals surface area contributed by atoms with Crippen molar-refractivity contribution in [2.75, 3.05) is 33.4 Å². The molecule has 0 spiro atoms. The third-order valence-corrected chi connectivity index (χ3v) is 4.43. The number of nitrogens with two attached hydrogens (primary N) is 1. The zero-order valence-electron chi connectivity index (χ0n) is 10.9. The average Bonchev–Trinajstić information content (AvgIpc) is 3.04. The lowest BCUT2D eigenvalue weighted by Gasteiger charge is -2.37. The molecule has 17 heavy (non-hydrogen) atoms. The van der Waals surface area contributed by atoms with Crippen LogP contribution in [0.25, 0.3) is 0 Å². The van der Waals surface area contributed by atoms with Gasteiger partial charge in [-0.15, -0.1) is 0 Å². The number of nitrogens with zero attached hydrogens (tertiary/aromatic N) is 1. The predicted octanol–water partition coefficient (Wildman–Crippen LogP) is 0.856.